The van der Waals surface area contributed by atoms with Crippen LogP contribution in [0.3, 0.4) is 0 Å². The molecule has 0 amide bonds. The predicted molar refractivity (Wildman–Crippen MR) is 71.4 cm³/mol. The van der Waals surface area contributed by atoms with E-state index in [4.69, 9.17) is 4.74 Å². The molecule has 20 heavy (non-hydrogen) atoms. The smallest absolute Gasteiger partial charge is 0.332 e. The Labute approximate surface area is 114 Å². The lowest BCUT2D eigenvalue weighted by atomic mass is 10.4. The summed E-state index contributed by atoms with van der Waals surface area (Å²) in [5.41, 5.74) is -0.315. The van der Waals surface area contributed by atoms with Crippen LogP contribution >= 0.6 is 0 Å². The SMILES string of the molecule is CC(=O)OC(C)c1nc2c(c(=O)n(C)c(=O)n2C)n1C. The van der Waals surface area contributed by atoms with Gasteiger partial charge in [0, 0.05) is 28.1 Å². The molecule has 0 aliphatic heterocycles. The van der Waals surface area contributed by atoms with Crippen molar-refractivity contribution in [1.29, 1.82) is 0 Å². The van der Waals surface area contributed by atoms with Crippen LogP contribution in [0.15, 0.2) is 9.59 Å². The summed E-state index contributed by atoms with van der Waals surface area (Å²) in [7, 11) is 4.60. The number of carbonyl (C=O) groups excluding carboxylic acids is 1. The molecule has 0 fully saturated rings. The first-order valence-corrected chi connectivity index (χ1v) is 6.05. The third kappa shape index (κ3) is 1.93. The van der Waals surface area contributed by atoms with Gasteiger partial charge in [0.15, 0.2) is 23.1 Å². The molecule has 108 valence electrons. The molecule has 0 aliphatic carbocycles. The molecule has 0 aliphatic rings. The number of aryl methyl sites for hydroxylation is 2. The van der Waals surface area contributed by atoms with E-state index < -0.39 is 23.3 Å². The Morgan fingerprint density at radius 3 is 2.30 bits per heavy atom. The second-order valence-corrected chi connectivity index (χ2v) is 4.66. The van der Waals surface area contributed by atoms with Crippen molar-refractivity contribution in [1.82, 2.24) is 18.7 Å². The van der Waals surface area contributed by atoms with Gasteiger partial charge in [-0.25, -0.2) is 9.78 Å². The minimum atomic E-state index is -0.607. The van der Waals surface area contributed by atoms with Crippen LogP contribution in [0.4, 0.5) is 0 Å². The fourth-order valence-electron chi connectivity index (χ4n) is 2.20. The van der Waals surface area contributed by atoms with Crippen molar-refractivity contribution in [3.8, 4) is 0 Å². The molecular weight excluding hydrogens is 264 g/mol. The van der Waals surface area contributed by atoms with Crippen molar-refractivity contribution in [3.05, 3.63) is 26.7 Å². The average molecular weight is 280 g/mol. The summed E-state index contributed by atoms with van der Waals surface area (Å²) in [6, 6.07) is 0. The van der Waals surface area contributed by atoms with Crippen LogP contribution in [-0.2, 0) is 30.7 Å². The maximum Gasteiger partial charge on any atom is 0.332 e. The van der Waals surface area contributed by atoms with Crippen LogP contribution in [0.1, 0.15) is 25.8 Å². The number of imidazole rings is 1. The van der Waals surface area contributed by atoms with E-state index in [-0.39, 0.29) is 5.65 Å². The highest BCUT2D eigenvalue weighted by Crippen LogP contribution is 2.18. The van der Waals surface area contributed by atoms with E-state index >= 15 is 0 Å². The number of nitrogens with zero attached hydrogens (tertiary/aromatic N) is 4. The van der Waals surface area contributed by atoms with Crippen molar-refractivity contribution >= 4 is 17.1 Å². The third-order valence-corrected chi connectivity index (χ3v) is 3.22. The maximum absolute atomic E-state index is 12.2. The summed E-state index contributed by atoms with van der Waals surface area (Å²) in [5, 5.41) is 0. The Morgan fingerprint density at radius 1 is 1.15 bits per heavy atom. The number of ether oxygens (including phenoxy) is 1. The Morgan fingerprint density at radius 2 is 1.75 bits per heavy atom. The van der Waals surface area contributed by atoms with Gasteiger partial charge in [-0.15, -0.1) is 0 Å². The molecule has 8 heteroatoms. The molecule has 0 aromatic carbocycles. The summed E-state index contributed by atoms with van der Waals surface area (Å²) in [6.07, 6.45) is -0.607. The molecule has 0 saturated carbocycles. The number of carbonyl (C=O) groups is 1. The first-order valence-electron chi connectivity index (χ1n) is 6.05. The molecule has 0 N–H and O–H groups in total. The number of hydrogen-bond acceptors (Lipinski definition) is 5. The number of esters is 1. The quantitative estimate of drug-likeness (QED) is 0.698. The summed E-state index contributed by atoms with van der Waals surface area (Å²) >= 11 is 0. The van der Waals surface area contributed by atoms with Gasteiger partial charge in [-0.2, -0.15) is 0 Å². The Balaban J connectivity index is 2.80. The fourth-order valence-corrected chi connectivity index (χ4v) is 2.20. The van der Waals surface area contributed by atoms with Gasteiger partial charge in [-0.3, -0.25) is 18.7 Å². The van der Waals surface area contributed by atoms with E-state index in [0.717, 1.165) is 4.57 Å². The molecule has 2 aromatic heterocycles. The topological polar surface area (TPSA) is 88.1 Å². The minimum absolute atomic E-state index is 0.273. The molecule has 0 saturated heterocycles. The molecular formula is C12H16N4O4. The lowest BCUT2D eigenvalue weighted by molar-refractivity contribution is -0.146. The number of rotatable bonds is 2. The zero-order chi connectivity index (χ0) is 15.2. The lowest BCUT2D eigenvalue weighted by Crippen LogP contribution is -2.37. The van der Waals surface area contributed by atoms with Crippen LogP contribution in [0.25, 0.3) is 11.2 Å². The van der Waals surface area contributed by atoms with Gasteiger partial charge < -0.3 is 9.30 Å². The monoisotopic (exact) mass is 280 g/mol. The second-order valence-electron chi connectivity index (χ2n) is 4.66. The molecule has 1 unspecified atom stereocenters. The summed E-state index contributed by atoms with van der Waals surface area (Å²) < 4.78 is 8.93. The van der Waals surface area contributed by atoms with E-state index in [1.807, 2.05) is 0 Å². The summed E-state index contributed by atoms with van der Waals surface area (Å²) in [6.45, 7) is 2.96. The fraction of sp³-hybridized carbons (Fsp3) is 0.500. The van der Waals surface area contributed by atoms with Crippen molar-refractivity contribution < 1.29 is 9.53 Å². The average Bonchev–Trinajstić information content (AvgIpc) is 2.71. The Kier molecular flexibility index (Phi) is 3.24. The van der Waals surface area contributed by atoms with Gasteiger partial charge >= 0.3 is 11.7 Å². The van der Waals surface area contributed by atoms with E-state index in [0.29, 0.717) is 11.3 Å². The van der Waals surface area contributed by atoms with Gasteiger partial charge in [0.25, 0.3) is 5.56 Å². The van der Waals surface area contributed by atoms with Crippen LogP contribution in [0.2, 0.25) is 0 Å². The first-order chi connectivity index (χ1) is 9.25. The van der Waals surface area contributed by atoms with Gasteiger partial charge in [0.1, 0.15) is 0 Å². The Bertz CT molecular complexity index is 811. The molecule has 2 aromatic rings. The van der Waals surface area contributed by atoms with Crippen LogP contribution < -0.4 is 11.2 Å². The first kappa shape index (κ1) is 14.0. The highest BCUT2D eigenvalue weighted by molar-refractivity contribution is 5.71. The molecule has 0 radical (unpaired) electrons. The van der Waals surface area contributed by atoms with Crippen molar-refractivity contribution in [2.45, 2.75) is 20.0 Å². The van der Waals surface area contributed by atoms with E-state index in [9.17, 15) is 14.4 Å². The molecule has 2 heterocycles. The largest absolute Gasteiger partial charge is 0.455 e. The van der Waals surface area contributed by atoms with Gasteiger partial charge in [-0.05, 0) is 6.92 Å². The summed E-state index contributed by atoms with van der Waals surface area (Å²) in [4.78, 5) is 39.3. The third-order valence-electron chi connectivity index (χ3n) is 3.22. The highest BCUT2D eigenvalue weighted by Gasteiger charge is 2.21. The second kappa shape index (κ2) is 4.62. The molecule has 0 bridgehead atoms. The predicted octanol–water partition coefficient (Wildman–Crippen LogP) is -0.405. The standard InChI is InChI=1S/C12H16N4O4/c1-6(20-7(2)17)9-13-10-8(14(9)3)11(18)16(5)12(19)15(10)4/h6H,1-5H3. The zero-order valence-electron chi connectivity index (χ0n) is 12.0. The minimum Gasteiger partial charge on any atom is -0.455 e. The molecule has 2 rings (SSSR count). The summed E-state index contributed by atoms with van der Waals surface area (Å²) in [5.74, 6) is -0.0279. The van der Waals surface area contributed by atoms with E-state index in [2.05, 4.69) is 4.98 Å². The van der Waals surface area contributed by atoms with Crippen LogP contribution in [-0.4, -0.2) is 24.7 Å². The normalized spacial score (nSPS) is 12.7. The Hall–Kier alpha value is -2.38. The van der Waals surface area contributed by atoms with Gasteiger partial charge in [0.05, 0.1) is 0 Å². The highest BCUT2D eigenvalue weighted by atomic mass is 16.5. The van der Waals surface area contributed by atoms with Crippen molar-refractivity contribution in [2.24, 2.45) is 21.1 Å². The van der Waals surface area contributed by atoms with E-state index in [1.165, 1.54) is 25.6 Å². The number of aromatic nitrogens is 4. The van der Waals surface area contributed by atoms with Crippen molar-refractivity contribution in [3.63, 3.8) is 0 Å². The van der Waals surface area contributed by atoms with Gasteiger partial charge in [0.2, 0.25) is 0 Å². The van der Waals surface area contributed by atoms with Crippen LogP contribution in [0, 0.1) is 0 Å². The maximum atomic E-state index is 12.2. The molecule has 0 spiro atoms. The lowest BCUT2D eigenvalue weighted by Gasteiger charge is -2.11. The number of hydrogen-bond donors (Lipinski definition) is 0. The molecule has 8 nitrogen and oxygen atoms in total. The van der Waals surface area contributed by atoms with Crippen LogP contribution in [0.5, 0.6) is 0 Å². The van der Waals surface area contributed by atoms with Gasteiger partial charge in [-0.1, -0.05) is 0 Å². The molecule has 1 atom stereocenters. The zero-order valence-corrected chi connectivity index (χ0v) is 12.0. The van der Waals surface area contributed by atoms with E-state index in [1.54, 1.807) is 18.5 Å². The van der Waals surface area contributed by atoms with Crippen molar-refractivity contribution in [2.75, 3.05) is 0 Å². The number of fused-ring (bicyclic) bond motifs is 1.